The number of aryl methyl sites for hydroxylation is 1. The van der Waals surface area contributed by atoms with Crippen LogP contribution in [0.25, 0.3) is 5.57 Å². The van der Waals surface area contributed by atoms with Gasteiger partial charge in [-0.1, -0.05) is 44.7 Å². The van der Waals surface area contributed by atoms with Gasteiger partial charge in [0.15, 0.2) is 0 Å². The molecule has 0 bridgehead atoms. The van der Waals surface area contributed by atoms with E-state index in [1.807, 2.05) is 0 Å². The molecule has 1 aliphatic heterocycles. The number of nitrogens with zero attached hydrogens (tertiary/aromatic N) is 2. The monoisotopic (exact) mass is 325 g/mol. The van der Waals surface area contributed by atoms with E-state index in [0.29, 0.717) is 0 Å². The van der Waals surface area contributed by atoms with Crippen molar-refractivity contribution in [2.45, 2.75) is 87.0 Å². The molecule has 24 heavy (non-hydrogen) atoms. The minimum atomic E-state index is 1.14. The third-order valence-electron chi connectivity index (χ3n) is 5.32. The first-order valence-corrected chi connectivity index (χ1v) is 9.52. The van der Waals surface area contributed by atoms with Crippen molar-refractivity contribution in [2.75, 3.05) is 0 Å². The van der Waals surface area contributed by atoms with E-state index in [2.05, 4.69) is 48.5 Å². The van der Waals surface area contributed by atoms with Crippen LogP contribution in [0.15, 0.2) is 21.8 Å². The molecule has 2 rings (SSSR count). The van der Waals surface area contributed by atoms with Gasteiger partial charge in [0.2, 0.25) is 0 Å². The minimum Gasteiger partial charge on any atom is -0.661 e. The molecule has 0 spiro atoms. The molecule has 0 aliphatic carbocycles. The van der Waals surface area contributed by atoms with Crippen molar-refractivity contribution in [2.24, 2.45) is 4.99 Å². The summed E-state index contributed by atoms with van der Waals surface area (Å²) in [6.07, 6.45) is 7.21. The van der Waals surface area contributed by atoms with Crippen molar-refractivity contribution in [1.82, 2.24) is 4.98 Å². The van der Waals surface area contributed by atoms with Gasteiger partial charge in [-0.3, -0.25) is 4.99 Å². The highest BCUT2D eigenvalue weighted by molar-refractivity contribution is 6.04. The molecule has 0 saturated heterocycles. The second kappa shape index (κ2) is 8.00. The van der Waals surface area contributed by atoms with E-state index in [0.717, 1.165) is 24.2 Å². The fourth-order valence-electron chi connectivity index (χ4n) is 3.75. The SMILES string of the molecule is CCCCC1=C(C)/C(=C(/C)c2[n-]c(C)c(CCCC)c2C)N=C1C. The Labute approximate surface area is 148 Å². The predicted molar refractivity (Wildman–Crippen MR) is 106 cm³/mol. The lowest BCUT2D eigenvalue weighted by Crippen LogP contribution is -1.95. The maximum absolute atomic E-state index is 4.90. The van der Waals surface area contributed by atoms with E-state index < -0.39 is 0 Å². The summed E-state index contributed by atoms with van der Waals surface area (Å²) in [7, 11) is 0. The Morgan fingerprint density at radius 3 is 2.21 bits per heavy atom. The van der Waals surface area contributed by atoms with Gasteiger partial charge in [-0.05, 0) is 70.1 Å². The van der Waals surface area contributed by atoms with Crippen LogP contribution in [0.1, 0.15) is 89.2 Å². The third kappa shape index (κ3) is 3.58. The minimum absolute atomic E-state index is 1.14. The van der Waals surface area contributed by atoms with Gasteiger partial charge in [-0.25, -0.2) is 0 Å². The zero-order chi connectivity index (χ0) is 17.9. The molecule has 0 fully saturated rings. The number of aliphatic imine (C=N–C) groups is 1. The maximum Gasteiger partial charge on any atom is 0.0682 e. The quantitative estimate of drug-likeness (QED) is 0.576. The number of rotatable bonds is 7. The second-order valence-electron chi connectivity index (χ2n) is 7.13. The highest BCUT2D eigenvalue weighted by atomic mass is 14.8. The topological polar surface area (TPSA) is 26.5 Å². The van der Waals surface area contributed by atoms with Gasteiger partial charge in [0, 0.05) is 5.71 Å². The standard InChI is InChI=1S/C22H33N2/c1-8-10-12-19-14(3)21(23-17(19)6)16(5)22-15(4)20(13-11-9-2)18(7)24-22/h8-13H2,1-7H3/q-1/b21-16+. The molecule has 0 radical (unpaired) electrons. The van der Waals surface area contributed by atoms with E-state index in [1.165, 1.54) is 64.9 Å². The number of hydrogen-bond donors (Lipinski definition) is 0. The normalized spacial score (nSPS) is 16.9. The molecule has 1 aromatic heterocycles. The fraction of sp³-hybridized carbons (Fsp3) is 0.591. The lowest BCUT2D eigenvalue weighted by atomic mass is 9.97. The number of unbranched alkanes of at least 4 members (excludes halogenated alkanes) is 2. The highest BCUT2D eigenvalue weighted by Gasteiger charge is 2.19. The zero-order valence-corrected chi connectivity index (χ0v) is 16.6. The molecule has 0 aromatic carbocycles. The summed E-state index contributed by atoms with van der Waals surface area (Å²) in [5, 5.41) is 0. The van der Waals surface area contributed by atoms with Crippen molar-refractivity contribution < 1.29 is 0 Å². The average molecular weight is 326 g/mol. The van der Waals surface area contributed by atoms with Crippen LogP contribution in [0.5, 0.6) is 0 Å². The molecule has 0 N–H and O–H groups in total. The van der Waals surface area contributed by atoms with Crippen molar-refractivity contribution >= 4 is 11.3 Å². The van der Waals surface area contributed by atoms with Crippen LogP contribution < -0.4 is 4.98 Å². The van der Waals surface area contributed by atoms with E-state index in [1.54, 1.807) is 0 Å². The van der Waals surface area contributed by atoms with Gasteiger partial charge < -0.3 is 4.98 Å². The van der Waals surface area contributed by atoms with Crippen molar-refractivity contribution in [3.63, 3.8) is 0 Å². The predicted octanol–water partition coefficient (Wildman–Crippen LogP) is 6.32. The maximum atomic E-state index is 4.90. The first-order chi connectivity index (χ1) is 11.4. The summed E-state index contributed by atoms with van der Waals surface area (Å²) in [6, 6.07) is 0. The molecule has 2 heteroatoms. The van der Waals surface area contributed by atoms with E-state index in [4.69, 9.17) is 9.98 Å². The molecule has 1 aliphatic rings. The van der Waals surface area contributed by atoms with E-state index in [-0.39, 0.29) is 0 Å². The molecule has 1 aromatic rings. The molecule has 0 saturated carbocycles. The first-order valence-electron chi connectivity index (χ1n) is 9.52. The van der Waals surface area contributed by atoms with Gasteiger partial charge in [0.1, 0.15) is 0 Å². The largest absolute Gasteiger partial charge is 0.661 e. The Hall–Kier alpha value is -1.57. The van der Waals surface area contributed by atoms with Crippen molar-refractivity contribution in [3.8, 4) is 0 Å². The van der Waals surface area contributed by atoms with E-state index >= 15 is 0 Å². The number of allylic oxidation sites excluding steroid dienone is 3. The summed E-state index contributed by atoms with van der Waals surface area (Å²) in [5.74, 6) is 0. The number of hydrogen-bond acceptors (Lipinski definition) is 1. The van der Waals surface area contributed by atoms with Crippen LogP contribution in [-0.2, 0) is 6.42 Å². The molecule has 2 nitrogen and oxygen atoms in total. The van der Waals surface area contributed by atoms with Gasteiger partial charge in [-0.15, -0.1) is 5.69 Å². The average Bonchev–Trinajstić information content (AvgIpc) is 3.00. The molecule has 2 heterocycles. The van der Waals surface area contributed by atoms with Gasteiger partial charge >= 0.3 is 0 Å². The summed E-state index contributed by atoms with van der Waals surface area (Å²) < 4.78 is 0. The first kappa shape index (κ1) is 18.8. The van der Waals surface area contributed by atoms with E-state index in [9.17, 15) is 0 Å². The Kier molecular flexibility index (Phi) is 6.26. The lowest BCUT2D eigenvalue weighted by molar-refractivity contribution is 0.788. The molecule has 0 atom stereocenters. The van der Waals surface area contributed by atoms with Gasteiger partial charge in [0.05, 0.1) is 5.70 Å². The molecular weight excluding hydrogens is 292 g/mol. The lowest BCUT2D eigenvalue weighted by Gasteiger charge is -2.14. The van der Waals surface area contributed by atoms with Gasteiger partial charge in [0.25, 0.3) is 0 Å². The van der Waals surface area contributed by atoms with Crippen LogP contribution in [-0.4, -0.2) is 5.71 Å². The van der Waals surface area contributed by atoms with Crippen LogP contribution in [0.3, 0.4) is 0 Å². The van der Waals surface area contributed by atoms with Crippen molar-refractivity contribution in [3.05, 3.63) is 39.4 Å². The second-order valence-corrected chi connectivity index (χ2v) is 7.13. The summed E-state index contributed by atoms with van der Waals surface area (Å²) in [5.41, 5.74) is 11.5. The smallest absolute Gasteiger partial charge is 0.0682 e. The van der Waals surface area contributed by atoms with Crippen LogP contribution in [0, 0.1) is 13.8 Å². The Balaban J connectivity index is 2.43. The molecule has 132 valence electrons. The van der Waals surface area contributed by atoms with Crippen LogP contribution in [0.2, 0.25) is 0 Å². The van der Waals surface area contributed by atoms with Crippen LogP contribution in [0.4, 0.5) is 0 Å². The fourth-order valence-corrected chi connectivity index (χ4v) is 3.75. The summed E-state index contributed by atoms with van der Waals surface area (Å²) >= 11 is 0. The van der Waals surface area contributed by atoms with Gasteiger partial charge in [-0.2, -0.15) is 5.69 Å². The Morgan fingerprint density at radius 1 is 0.958 bits per heavy atom. The molecular formula is C22H33N2-. The van der Waals surface area contributed by atoms with Crippen LogP contribution >= 0.6 is 0 Å². The molecule has 0 unspecified atom stereocenters. The summed E-state index contributed by atoms with van der Waals surface area (Å²) in [6.45, 7) is 15.4. The Bertz CT molecular complexity index is 696. The Morgan fingerprint density at radius 2 is 1.58 bits per heavy atom. The highest BCUT2D eigenvalue weighted by Crippen LogP contribution is 2.35. The third-order valence-corrected chi connectivity index (χ3v) is 5.32. The zero-order valence-electron chi connectivity index (χ0n) is 16.6. The van der Waals surface area contributed by atoms with Crippen molar-refractivity contribution in [1.29, 1.82) is 0 Å². The molecule has 0 amide bonds. The number of aromatic nitrogens is 1. The summed E-state index contributed by atoms with van der Waals surface area (Å²) in [4.78, 5) is 9.81.